The highest BCUT2D eigenvalue weighted by atomic mass is 16.5. The number of fused-ring (bicyclic) bond motifs is 2. The Morgan fingerprint density at radius 2 is 1.82 bits per heavy atom. The van der Waals surface area contributed by atoms with Gasteiger partial charge in [-0.1, -0.05) is 36.4 Å². The van der Waals surface area contributed by atoms with Gasteiger partial charge in [0.1, 0.15) is 11.3 Å². The quantitative estimate of drug-likeness (QED) is 0.492. The average molecular weight is 442 g/mol. The molecule has 2 heterocycles. The number of carbonyl (C=O) groups excluding carboxylic acids is 3. The molecular weight excluding hydrogens is 420 g/mol. The van der Waals surface area contributed by atoms with Crippen LogP contribution in [0.1, 0.15) is 38.8 Å². The number of nitrogens with zero attached hydrogens (tertiary/aromatic N) is 1. The number of hydrogen-bond acceptors (Lipinski definition) is 5. The van der Waals surface area contributed by atoms with Crippen LogP contribution in [-0.2, 0) is 17.8 Å². The van der Waals surface area contributed by atoms with Crippen LogP contribution < -0.4 is 14.8 Å². The van der Waals surface area contributed by atoms with E-state index in [1.165, 1.54) is 5.56 Å². The molecule has 0 fully saturated rings. The maximum Gasteiger partial charge on any atom is 0.347 e. The van der Waals surface area contributed by atoms with Gasteiger partial charge in [0.2, 0.25) is 0 Å². The topological polar surface area (TPSA) is 84.9 Å². The van der Waals surface area contributed by atoms with E-state index < -0.39 is 12.1 Å². The number of ether oxygens (including phenoxy) is 2. The predicted octanol–water partition coefficient (Wildman–Crippen LogP) is 3.82. The molecular formula is C26H22N2O5. The molecule has 3 aromatic carbocycles. The summed E-state index contributed by atoms with van der Waals surface area (Å²) >= 11 is 0. The molecule has 0 aliphatic carbocycles. The Labute approximate surface area is 190 Å². The number of anilines is 1. The minimum atomic E-state index is -0.720. The lowest BCUT2D eigenvalue weighted by Crippen LogP contribution is -2.36. The number of esters is 1. The lowest BCUT2D eigenvalue weighted by Gasteiger charge is -2.29. The van der Waals surface area contributed by atoms with Crippen LogP contribution in [0.15, 0.2) is 66.7 Å². The second-order valence-corrected chi connectivity index (χ2v) is 8.09. The predicted molar refractivity (Wildman–Crippen MR) is 121 cm³/mol. The van der Waals surface area contributed by atoms with E-state index >= 15 is 0 Å². The fourth-order valence-corrected chi connectivity index (χ4v) is 4.09. The number of hydrogen-bond donors (Lipinski definition) is 1. The van der Waals surface area contributed by atoms with Crippen molar-refractivity contribution in [3.8, 4) is 11.5 Å². The summed E-state index contributed by atoms with van der Waals surface area (Å²) in [6.07, 6.45) is 0.0899. The van der Waals surface area contributed by atoms with Gasteiger partial charge in [-0.3, -0.25) is 9.59 Å². The van der Waals surface area contributed by atoms with Gasteiger partial charge >= 0.3 is 5.97 Å². The van der Waals surface area contributed by atoms with Crippen LogP contribution in [0.25, 0.3) is 0 Å². The molecule has 2 amide bonds. The maximum atomic E-state index is 13.1. The zero-order chi connectivity index (χ0) is 22.9. The monoisotopic (exact) mass is 442 g/mol. The third kappa shape index (κ3) is 4.05. The highest BCUT2D eigenvalue weighted by Gasteiger charge is 2.28. The summed E-state index contributed by atoms with van der Waals surface area (Å²) in [5.41, 5.74) is 3.48. The van der Waals surface area contributed by atoms with Crippen LogP contribution >= 0.6 is 0 Å². The van der Waals surface area contributed by atoms with Gasteiger partial charge in [0.05, 0.1) is 5.69 Å². The molecule has 0 spiro atoms. The van der Waals surface area contributed by atoms with E-state index in [9.17, 15) is 14.4 Å². The lowest BCUT2D eigenvalue weighted by atomic mass is 9.99. The Hall–Kier alpha value is -4.13. The van der Waals surface area contributed by atoms with Crippen LogP contribution in [-0.4, -0.2) is 35.3 Å². The van der Waals surface area contributed by atoms with Gasteiger partial charge in [-0.05, 0) is 54.8 Å². The molecule has 2 aliphatic heterocycles. The smallest absolute Gasteiger partial charge is 0.347 e. The summed E-state index contributed by atoms with van der Waals surface area (Å²) in [4.78, 5) is 39.6. The molecule has 0 bridgehead atoms. The second-order valence-electron chi connectivity index (χ2n) is 8.09. The number of benzene rings is 3. The summed E-state index contributed by atoms with van der Waals surface area (Å²) in [5.74, 6) is -0.492. The molecule has 7 heteroatoms. The van der Waals surface area contributed by atoms with Crippen molar-refractivity contribution in [1.82, 2.24) is 4.90 Å². The normalized spacial score (nSPS) is 16.7. The summed E-state index contributed by atoms with van der Waals surface area (Å²) in [7, 11) is 0. The lowest BCUT2D eigenvalue weighted by molar-refractivity contribution is -0.122. The number of nitrogens with one attached hydrogen (secondary N) is 1. The van der Waals surface area contributed by atoms with Gasteiger partial charge in [0.15, 0.2) is 11.9 Å². The van der Waals surface area contributed by atoms with E-state index in [1.54, 1.807) is 54.3 Å². The first kappa shape index (κ1) is 20.8. The maximum absolute atomic E-state index is 13.1. The van der Waals surface area contributed by atoms with Gasteiger partial charge < -0.3 is 19.7 Å². The molecule has 7 nitrogen and oxygen atoms in total. The van der Waals surface area contributed by atoms with Crippen molar-refractivity contribution >= 4 is 23.5 Å². The standard InChI is InChI=1S/C26H22N2O5/c1-16-24(29)27-22-11-5-10-21(23(22)32-16)26(31)33-20-9-4-8-18(14-20)25(30)28-13-12-17-6-2-3-7-19(17)15-28/h2-11,14,16H,12-13,15H2,1H3,(H,27,29). The average Bonchev–Trinajstić information content (AvgIpc) is 2.83. The molecule has 33 heavy (non-hydrogen) atoms. The molecule has 2 aliphatic rings. The molecule has 0 saturated heterocycles. The first-order valence-electron chi connectivity index (χ1n) is 10.8. The number of amides is 2. The van der Waals surface area contributed by atoms with E-state index in [0.29, 0.717) is 24.3 Å². The zero-order valence-corrected chi connectivity index (χ0v) is 18.0. The first-order chi connectivity index (χ1) is 16.0. The fraction of sp³-hybridized carbons (Fsp3) is 0.192. The van der Waals surface area contributed by atoms with Gasteiger partial charge in [-0.25, -0.2) is 4.79 Å². The Morgan fingerprint density at radius 3 is 2.67 bits per heavy atom. The van der Waals surface area contributed by atoms with E-state index in [4.69, 9.17) is 9.47 Å². The van der Waals surface area contributed by atoms with Crippen LogP contribution in [0, 0.1) is 0 Å². The van der Waals surface area contributed by atoms with Gasteiger partial charge in [0.25, 0.3) is 11.8 Å². The number of carbonyl (C=O) groups is 3. The minimum Gasteiger partial charge on any atom is -0.478 e. The number of para-hydroxylation sites is 1. The third-order valence-corrected chi connectivity index (χ3v) is 5.87. The number of rotatable bonds is 3. The van der Waals surface area contributed by atoms with Crippen molar-refractivity contribution in [3.63, 3.8) is 0 Å². The Balaban J connectivity index is 1.34. The molecule has 0 radical (unpaired) electrons. The molecule has 1 atom stereocenters. The van der Waals surface area contributed by atoms with Crippen LogP contribution in [0.4, 0.5) is 5.69 Å². The molecule has 5 rings (SSSR count). The SMILES string of the molecule is CC1Oc2c(cccc2C(=O)Oc2cccc(C(=O)N3CCc4ccccc4C3)c2)NC1=O. The van der Waals surface area contributed by atoms with Gasteiger partial charge in [-0.15, -0.1) is 0 Å². The third-order valence-electron chi connectivity index (χ3n) is 5.87. The summed E-state index contributed by atoms with van der Waals surface area (Å²) in [6, 6.07) is 19.6. The van der Waals surface area contributed by atoms with Crippen molar-refractivity contribution in [2.24, 2.45) is 0 Å². The minimum absolute atomic E-state index is 0.112. The van der Waals surface area contributed by atoms with E-state index in [0.717, 1.165) is 12.0 Å². The highest BCUT2D eigenvalue weighted by Crippen LogP contribution is 2.34. The molecule has 1 N–H and O–H groups in total. The molecule has 3 aromatic rings. The van der Waals surface area contributed by atoms with Crippen molar-refractivity contribution in [3.05, 3.63) is 89.0 Å². The molecule has 0 saturated carbocycles. The summed E-state index contributed by atoms with van der Waals surface area (Å²) < 4.78 is 11.2. The van der Waals surface area contributed by atoms with Crippen LogP contribution in [0.3, 0.4) is 0 Å². The fourth-order valence-electron chi connectivity index (χ4n) is 4.09. The largest absolute Gasteiger partial charge is 0.478 e. The second kappa shape index (κ2) is 8.43. The van der Waals surface area contributed by atoms with E-state index in [-0.39, 0.29) is 28.9 Å². The Kier molecular flexibility index (Phi) is 5.30. The van der Waals surface area contributed by atoms with Crippen molar-refractivity contribution in [2.45, 2.75) is 26.0 Å². The van der Waals surface area contributed by atoms with E-state index in [2.05, 4.69) is 11.4 Å². The highest BCUT2D eigenvalue weighted by molar-refractivity contribution is 6.03. The van der Waals surface area contributed by atoms with Gasteiger partial charge in [-0.2, -0.15) is 0 Å². The Bertz CT molecular complexity index is 1270. The summed E-state index contributed by atoms with van der Waals surface area (Å²) in [5, 5.41) is 2.71. The van der Waals surface area contributed by atoms with Crippen molar-refractivity contribution in [1.29, 1.82) is 0 Å². The van der Waals surface area contributed by atoms with Crippen LogP contribution in [0.5, 0.6) is 11.5 Å². The van der Waals surface area contributed by atoms with Crippen LogP contribution in [0.2, 0.25) is 0 Å². The first-order valence-corrected chi connectivity index (χ1v) is 10.8. The van der Waals surface area contributed by atoms with Crippen molar-refractivity contribution < 1.29 is 23.9 Å². The molecule has 1 unspecified atom stereocenters. The van der Waals surface area contributed by atoms with Crippen molar-refractivity contribution in [2.75, 3.05) is 11.9 Å². The van der Waals surface area contributed by atoms with E-state index in [1.807, 2.05) is 18.2 Å². The molecule has 166 valence electrons. The van der Waals surface area contributed by atoms with Gasteiger partial charge in [0, 0.05) is 18.7 Å². The Morgan fingerprint density at radius 1 is 1.03 bits per heavy atom. The molecule has 0 aromatic heterocycles. The summed E-state index contributed by atoms with van der Waals surface area (Å²) in [6.45, 7) is 2.79. The zero-order valence-electron chi connectivity index (χ0n) is 18.0.